The number of benzene rings is 3. The monoisotopic (exact) mass is 1650 g/mol. The molecule has 30 heteroatoms. The van der Waals surface area contributed by atoms with Crippen LogP contribution in [0.5, 0.6) is 0 Å². The minimum Gasteiger partial charge on any atom is -0.326 e. The second kappa shape index (κ2) is 37.1. The predicted octanol–water partition coefficient (Wildman–Crippen LogP) is 19.2. The van der Waals surface area contributed by atoms with Gasteiger partial charge in [-0.3, -0.25) is 0 Å². The molecule has 3 fully saturated rings. The fraction of sp³-hybridized carbons (Fsp3) is 0.416. The topological polar surface area (TPSA) is 249 Å². The Morgan fingerprint density at radius 3 is 0.941 bits per heavy atom. The van der Waals surface area contributed by atoms with E-state index in [1.165, 1.54) is 24.5 Å². The molecule has 0 amide bonds. The van der Waals surface area contributed by atoms with Crippen LogP contribution < -0.4 is 16.0 Å². The van der Waals surface area contributed by atoms with Crippen molar-refractivity contribution < 1.29 is 34.8 Å². The van der Waals surface area contributed by atoms with Gasteiger partial charge in [-0.05, 0) is 249 Å². The Labute approximate surface area is 691 Å². The van der Waals surface area contributed by atoms with Gasteiger partial charge in [0.1, 0.15) is 68.6 Å². The van der Waals surface area contributed by atoms with Crippen LogP contribution in [0.3, 0.4) is 0 Å². The van der Waals surface area contributed by atoms with Gasteiger partial charge in [0.15, 0.2) is 44.7 Å². The molecule has 0 aliphatic carbocycles. The zero-order valence-electron chi connectivity index (χ0n) is 69.8. The Morgan fingerprint density at radius 2 is 0.689 bits per heavy atom. The molecule has 1 unspecified atom stereocenters. The molecular formula is C89H105F6N21O2S. The molecule has 23 nitrogen and oxygen atoms in total. The van der Waals surface area contributed by atoms with Crippen LogP contribution in [0.15, 0.2) is 135 Å². The van der Waals surface area contributed by atoms with E-state index in [4.69, 9.17) is 0 Å². The Bertz CT molecular complexity index is 5490. The van der Waals surface area contributed by atoms with E-state index in [0.717, 1.165) is 127 Å². The minimum absolute atomic E-state index is 0.00391. The van der Waals surface area contributed by atoms with Crippen molar-refractivity contribution in [3.8, 4) is 33.8 Å². The van der Waals surface area contributed by atoms with E-state index in [1.54, 1.807) is 43.5 Å². The van der Waals surface area contributed by atoms with Crippen molar-refractivity contribution in [3.05, 3.63) is 204 Å². The Morgan fingerprint density at radius 1 is 0.403 bits per heavy atom. The third kappa shape index (κ3) is 19.2. The number of nitrogens with zero attached hydrogens (tertiary/aromatic N) is 18. The van der Waals surface area contributed by atoms with Gasteiger partial charge in [0, 0.05) is 71.5 Å². The van der Waals surface area contributed by atoms with Gasteiger partial charge in [-0.1, -0.05) is 51.1 Å². The van der Waals surface area contributed by atoms with Crippen molar-refractivity contribution in [1.82, 2.24) is 88.2 Å². The molecule has 9 aromatic heterocycles. The summed E-state index contributed by atoms with van der Waals surface area (Å²) in [6.07, 6.45) is 19.9. The highest BCUT2D eigenvalue weighted by Crippen LogP contribution is 2.41. The molecule has 3 atom stereocenters. The lowest BCUT2D eigenvalue weighted by molar-refractivity contribution is 0.184. The number of allylic oxidation sites excluding steroid dienone is 2. The maximum atomic E-state index is 15.0. The molecule has 3 aromatic carbocycles. The van der Waals surface area contributed by atoms with E-state index in [9.17, 15) is 30.4 Å². The first kappa shape index (κ1) is 85.9. The van der Waals surface area contributed by atoms with Crippen LogP contribution in [0.2, 0.25) is 0 Å². The molecule has 626 valence electrons. The summed E-state index contributed by atoms with van der Waals surface area (Å²) in [4.78, 5) is 59.2. The van der Waals surface area contributed by atoms with Crippen LogP contribution in [-0.4, -0.2) is 162 Å². The number of rotatable bonds is 24. The number of halogens is 6. The number of pyridine rings is 3. The van der Waals surface area contributed by atoms with Crippen LogP contribution >= 0.6 is 0 Å². The molecular weight excluding hydrogens is 1540 g/mol. The number of imidazole rings is 3. The number of hydrogen-bond acceptors (Lipinski definition) is 20. The minimum atomic E-state index is -3.36. The number of aromatic nitrogens is 15. The highest BCUT2D eigenvalue weighted by molar-refractivity contribution is 7.91. The summed E-state index contributed by atoms with van der Waals surface area (Å²) >= 11 is 0. The van der Waals surface area contributed by atoms with Gasteiger partial charge >= 0.3 is 0 Å². The molecule has 3 saturated heterocycles. The lowest BCUT2D eigenvalue weighted by Crippen LogP contribution is -2.37. The predicted molar refractivity (Wildman–Crippen MR) is 458 cm³/mol. The highest BCUT2D eigenvalue weighted by atomic mass is 32.2. The van der Waals surface area contributed by atoms with Crippen LogP contribution in [0, 0.1) is 73.4 Å². The standard InChI is InChI=1S/2C30H35F2N7.C29H35F2N7O2S/c2*1-6-23(20-10-12-38(7-2)13-11-20)21-8-9-27(33-16-21)36-30-34-17-25(32)28(37-30)22-14-24(31)29-26(15-22)39(18(3)4)19(5)35-29;1-6-37-11-9-19(10-12-37)28(41(5,39)40)20-7-8-25(32-15-20)35-29-33-16-23(31)26(36-29)21-13-22(30)27-24(14-21)38(17(2)3)18(4)34-27/h2*6,8-9,14-18,20,23H,1,7,10-13H2,2-5H3,(H,33,34,36,37);7-8,13-17,19,28H,6,9-12H2,1-5H3,(H,32,33,35,36)/t23-;;28-/m1.0/s1. The van der Waals surface area contributed by atoms with Gasteiger partial charge in [-0.25, -0.2) is 94.6 Å². The summed E-state index contributed by atoms with van der Waals surface area (Å²) in [6.45, 7) is 41.4. The molecule has 0 radical (unpaired) electrons. The van der Waals surface area contributed by atoms with E-state index in [2.05, 4.69) is 124 Å². The van der Waals surface area contributed by atoms with Crippen molar-refractivity contribution in [2.45, 2.75) is 157 Å². The van der Waals surface area contributed by atoms with Crippen LogP contribution in [0.25, 0.3) is 66.9 Å². The SMILES string of the molecule is C=CC(c1ccc(Nc2ncc(F)c(-c3cc(F)c4nc(C)n(C(C)C)c4c3)n2)nc1)C1CCN(CC)CC1.C=C[C@@H](c1ccc(Nc2ncc(F)c(-c3cc(F)c4nc(C)n(C(C)C)c4c3)n2)nc1)C1CCN(CC)CC1.CCN1CCC([C@@H](c2ccc(Nc3ncc(F)c(-c4cc(F)c5nc(C)n(C(C)C)c5c4)n3)nc2)S(C)(=O)=O)CC1. The van der Waals surface area contributed by atoms with Crippen molar-refractivity contribution in [3.63, 3.8) is 0 Å². The number of fused-ring (bicyclic) bond motifs is 3. The fourth-order valence-corrected chi connectivity index (χ4v) is 18.9. The molecule has 3 N–H and O–H groups in total. The highest BCUT2D eigenvalue weighted by Gasteiger charge is 2.35. The molecule has 3 aliphatic rings. The smallest absolute Gasteiger partial charge is 0.229 e. The molecule has 0 bridgehead atoms. The van der Waals surface area contributed by atoms with E-state index >= 15 is 4.39 Å². The van der Waals surface area contributed by atoms with Gasteiger partial charge in [0.25, 0.3) is 0 Å². The van der Waals surface area contributed by atoms with E-state index in [0.29, 0.717) is 80.0 Å². The second-order valence-corrected chi connectivity index (χ2v) is 34.1. The Hall–Kier alpha value is -11.0. The third-order valence-electron chi connectivity index (χ3n) is 23.2. The van der Waals surface area contributed by atoms with Crippen molar-refractivity contribution in [1.29, 1.82) is 0 Å². The number of anilines is 6. The van der Waals surface area contributed by atoms with E-state index < -0.39 is 50.0 Å². The average molecular weight is 1650 g/mol. The number of aryl methyl sites for hydroxylation is 3. The lowest BCUT2D eigenvalue weighted by atomic mass is 9.80. The fourth-order valence-electron chi connectivity index (χ4n) is 17.3. The van der Waals surface area contributed by atoms with E-state index in [1.807, 2.05) is 118 Å². The average Bonchev–Trinajstić information content (AvgIpc) is 1.66. The lowest BCUT2D eigenvalue weighted by Gasteiger charge is -2.35. The van der Waals surface area contributed by atoms with Gasteiger partial charge in [0.2, 0.25) is 17.8 Å². The molecule has 12 heterocycles. The van der Waals surface area contributed by atoms with Crippen molar-refractivity contribution >= 4 is 78.2 Å². The number of nitrogens with one attached hydrogen (secondary N) is 3. The maximum absolute atomic E-state index is 15.0. The van der Waals surface area contributed by atoms with E-state index in [-0.39, 0.29) is 92.9 Å². The van der Waals surface area contributed by atoms with Gasteiger partial charge < -0.3 is 44.4 Å². The largest absolute Gasteiger partial charge is 0.326 e. The van der Waals surface area contributed by atoms with Crippen LogP contribution in [-0.2, 0) is 9.84 Å². The zero-order chi connectivity index (χ0) is 84.8. The summed E-state index contributed by atoms with van der Waals surface area (Å²) in [5.41, 5.74) is 6.19. The third-order valence-corrected chi connectivity index (χ3v) is 24.8. The number of hydrogen-bond donors (Lipinski definition) is 3. The molecule has 119 heavy (non-hydrogen) atoms. The van der Waals surface area contributed by atoms with Crippen molar-refractivity contribution in [2.24, 2.45) is 17.8 Å². The second-order valence-electron chi connectivity index (χ2n) is 31.9. The molecule has 12 aromatic rings. The number of piperidine rings is 3. The van der Waals surface area contributed by atoms with Gasteiger partial charge in [-0.2, -0.15) is 0 Å². The quantitative estimate of drug-likeness (QED) is 0.0376. The summed E-state index contributed by atoms with van der Waals surface area (Å²) < 4.78 is 121. The normalized spacial score (nSPS) is 15.8. The molecule has 3 aliphatic heterocycles. The first-order valence-electron chi connectivity index (χ1n) is 41.0. The summed E-state index contributed by atoms with van der Waals surface area (Å²) in [7, 11) is -3.36. The molecule has 0 saturated carbocycles. The van der Waals surface area contributed by atoms with Gasteiger partial charge in [0.05, 0.1) is 40.4 Å². The van der Waals surface area contributed by atoms with Crippen LogP contribution in [0.4, 0.5) is 61.6 Å². The molecule has 15 rings (SSSR count). The Balaban J connectivity index is 0.000000155. The summed E-state index contributed by atoms with van der Waals surface area (Å²) in [6, 6.07) is 20.3. The summed E-state index contributed by atoms with van der Waals surface area (Å²) in [5.74, 6) is 1.92. The Kier molecular flexibility index (Phi) is 26.8. The first-order valence-corrected chi connectivity index (χ1v) is 42.9. The van der Waals surface area contributed by atoms with Gasteiger partial charge in [-0.15, -0.1) is 13.2 Å². The van der Waals surface area contributed by atoms with Crippen molar-refractivity contribution in [2.75, 3.05) is 81.1 Å². The number of likely N-dealkylation sites (tertiary alicyclic amines) is 3. The summed E-state index contributed by atoms with van der Waals surface area (Å²) in [5, 5.41) is 8.44. The maximum Gasteiger partial charge on any atom is 0.229 e. The van der Waals surface area contributed by atoms with Crippen LogP contribution in [0.1, 0.15) is 170 Å². The zero-order valence-corrected chi connectivity index (χ0v) is 70.6. The first-order chi connectivity index (χ1) is 57.0. The molecule has 0 spiro atoms. The number of sulfone groups is 1.